The van der Waals surface area contributed by atoms with Crippen molar-refractivity contribution in [2.24, 2.45) is 29.4 Å². The second-order valence-corrected chi connectivity index (χ2v) is 28.8. The van der Waals surface area contributed by atoms with E-state index in [4.69, 9.17) is 57.9 Å². The van der Waals surface area contributed by atoms with E-state index in [0.717, 1.165) is 49.7 Å². The fourth-order valence-corrected chi connectivity index (χ4v) is 15.5. The second kappa shape index (κ2) is 34.5. The number of hydroxylamine groups is 2. The molecule has 1 aromatic carbocycles. The van der Waals surface area contributed by atoms with Crippen molar-refractivity contribution in [3.63, 3.8) is 0 Å². The molecule has 28 heteroatoms. The van der Waals surface area contributed by atoms with Crippen molar-refractivity contribution in [1.82, 2.24) is 26.3 Å². The van der Waals surface area contributed by atoms with E-state index in [-0.39, 0.29) is 175 Å². The number of ketones is 1. The minimum Gasteiger partial charge on any atom is -0.445 e. The van der Waals surface area contributed by atoms with Gasteiger partial charge in [-0.3, -0.25) is 28.8 Å². The molecule has 11 aliphatic heterocycles. The number of ether oxygens (including phenoxy) is 10. The van der Waals surface area contributed by atoms with Gasteiger partial charge in [0.2, 0.25) is 17.7 Å². The van der Waals surface area contributed by atoms with Crippen LogP contribution in [0.4, 0.5) is 15.3 Å². The topological polar surface area (TPSA) is 365 Å². The summed E-state index contributed by atoms with van der Waals surface area (Å²) in [5.41, 5.74) is 8.44. The quantitative estimate of drug-likeness (QED) is 0.0243. The predicted octanol–water partition coefficient (Wildman–Crippen LogP) is 5.82. The molecule has 11 saturated heterocycles. The fourth-order valence-electron chi connectivity index (χ4n) is 15.5. The first kappa shape index (κ1) is 75.2. The molecule has 8 amide bonds. The van der Waals surface area contributed by atoms with Crippen LogP contribution in [0.3, 0.4) is 0 Å². The van der Waals surface area contributed by atoms with Crippen LogP contribution in [-0.4, -0.2) is 194 Å². The Labute approximate surface area is 578 Å². The molecule has 11 heterocycles. The minimum atomic E-state index is -1.10. The van der Waals surface area contributed by atoms with E-state index in [9.17, 15) is 48.3 Å². The molecule has 0 radical (unpaired) electrons. The maximum atomic E-state index is 13.9. The van der Waals surface area contributed by atoms with Crippen LogP contribution < -0.4 is 32.3 Å². The standard InChI is InChI=1S/C71H103N7O21/c1-38(2)63(77-58(81)13-9-8-10-14-61(84)99-78-59(82)23-24-60(78)83)67(86)76-51(12-11-27-73-69(72)87)66(85)75-45-17-15-43(16-18-45)36-91-70(88)74-35-47(80)32-55-64(89-7)44(37-90-55)30-46(79)31-49-20-22-53-65(94-49)56-33-54(95-53)62-57-34-71(97-56,98-68(62)96-57)26-25-50-29-40(4)52(93-50)21-19-48-28-39(3)41(5)42(6)92-48/h15-18,38-39,42,44,47-57,62-65,68,80H,4-5,8-14,19-37H2,1-3,6-7H3,(H,74,88)(H,75,85)(H,76,86)(H,77,81)(H3,72,73,87)/t39-,42-,44+,47+,48+,49-,50+,51?,52?,53+,54-,55-,56-,57-,62?,63+,64-,65+,68?,71-/m1/s1. The third-order valence-corrected chi connectivity index (χ3v) is 20.9. The lowest BCUT2D eigenvalue weighted by atomic mass is 9.75. The second-order valence-electron chi connectivity index (χ2n) is 28.8. The number of anilines is 1. The van der Waals surface area contributed by atoms with Gasteiger partial charge in [-0.2, -0.15) is 0 Å². The molecule has 20 atom stereocenters. The number of hydrogen-bond acceptors (Lipinski definition) is 21. The maximum absolute atomic E-state index is 13.9. The highest BCUT2D eigenvalue weighted by molar-refractivity contribution is 6.01. The Hall–Kier alpha value is -6.47. The van der Waals surface area contributed by atoms with Crippen LogP contribution in [0.25, 0.3) is 0 Å². The number of nitrogens with two attached hydrogens (primary N) is 1. The number of unbranched alkanes of at least 4 members (excludes halogenated alkanes) is 2. The molecule has 0 saturated carbocycles. The number of urea groups is 1. The number of carbonyl (C=O) groups is 9. The molecular weight excluding hydrogens is 1290 g/mol. The Balaban J connectivity index is 0.619. The lowest BCUT2D eigenvalue weighted by molar-refractivity contribution is -0.483. The van der Waals surface area contributed by atoms with Gasteiger partial charge in [0.1, 0.15) is 30.6 Å². The first-order valence-corrected chi connectivity index (χ1v) is 35.7. The number of carbonyl (C=O) groups excluding carboxylic acids is 9. The number of amides is 8. The zero-order chi connectivity index (χ0) is 70.7. The summed E-state index contributed by atoms with van der Waals surface area (Å²) >= 11 is 0. The minimum absolute atomic E-state index is 0.00496. The van der Waals surface area contributed by atoms with Gasteiger partial charge in [-0.25, -0.2) is 14.4 Å². The van der Waals surface area contributed by atoms with Crippen LogP contribution in [0.5, 0.6) is 0 Å². The summed E-state index contributed by atoms with van der Waals surface area (Å²) in [4.78, 5) is 119. The van der Waals surface area contributed by atoms with Crippen molar-refractivity contribution in [3.05, 3.63) is 54.1 Å². The Morgan fingerprint density at radius 1 is 0.798 bits per heavy atom. The van der Waals surface area contributed by atoms with Crippen molar-refractivity contribution in [2.45, 2.75) is 279 Å². The number of benzene rings is 1. The number of Topliss-reactive ketones (excluding diaryl/α,β-unsaturated/α-hetero) is 1. The first-order valence-electron chi connectivity index (χ1n) is 35.7. The number of fused-ring (bicyclic) bond motifs is 1. The smallest absolute Gasteiger partial charge is 0.407 e. The van der Waals surface area contributed by atoms with Gasteiger partial charge >= 0.3 is 18.1 Å². The van der Waals surface area contributed by atoms with Crippen LogP contribution in [-0.2, 0) is 92.4 Å². The molecule has 0 aliphatic carbocycles. The van der Waals surface area contributed by atoms with Crippen molar-refractivity contribution >= 4 is 59.1 Å². The van der Waals surface area contributed by atoms with Crippen LogP contribution in [0.2, 0.25) is 0 Å². The van der Waals surface area contributed by atoms with Crippen LogP contribution in [0, 0.1) is 23.7 Å². The van der Waals surface area contributed by atoms with E-state index >= 15 is 0 Å². The van der Waals surface area contributed by atoms with Gasteiger partial charge in [0.25, 0.3) is 11.8 Å². The molecule has 11 fully saturated rings. The molecule has 0 spiro atoms. The number of methoxy groups -OCH3 is 1. The zero-order valence-corrected chi connectivity index (χ0v) is 57.8. The molecule has 8 N–H and O–H groups in total. The Bertz CT molecular complexity index is 3020. The van der Waals surface area contributed by atoms with Gasteiger partial charge in [0.15, 0.2) is 12.1 Å². The number of primary amides is 1. The molecule has 28 nitrogen and oxygen atoms in total. The summed E-state index contributed by atoms with van der Waals surface area (Å²) in [7, 11) is 1.55. The third kappa shape index (κ3) is 20.0. The van der Waals surface area contributed by atoms with E-state index in [1.807, 2.05) is 0 Å². The summed E-state index contributed by atoms with van der Waals surface area (Å²) in [5, 5.41) is 24.9. The lowest BCUT2D eigenvalue weighted by Gasteiger charge is -2.63. The molecule has 4 unspecified atom stereocenters. The van der Waals surface area contributed by atoms with E-state index in [1.54, 1.807) is 45.2 Å². The summed E-state index contributed by atoms with van der Waals surface area (Å²) in [5.74, 6) is -4.44. The van der Waals surface area contributed by atoms with Crippen molar-refractivity contribution in [3.8, 4) is 0 Å². The molecule has 0 aromatic heterocycles. The Morgan fingerprint density at radius 3 is 2.28 bits per heavy atom. The normalized spacial score (nSPS) is 32.4. The van der Waals surface area contributed by atoms with E-state index < -0.39 is 83.8 Å². The van der Waals surface area contributed by atoms with Crippen molar-refractivity contribution in [2.75, 3.05) is 32.1 Å². The Kier molecular flexibility index (Phi) is 26.2. The molecule has 11 aliphatic rings. The molecule has 6 bridgehead atoms. The SMILES string of the molecule is C=C1C[C@H](CC[C@]23C[C@H]4OC(O2)C4[C@H]2C[C@@H](O3)[C@H]3O[C@@H](CC(=O)C[C@H]4CO[C@H](C[C@H](O)CNC(=O)OCc5ccc(NC(=O)C(CCCNC(N)=O)NC(=O)[C@@H](NC(=O)CCCCCC(=O)ON6C(=O)CCC6=O)C(C)C)cc5)[C@@H]4OC)CC[C@@H]3O2)OC1CC[C@H]1C[C@@H](C)C(=C)[C@@H](C)O1. The van der Waals surface area contributed by atoms with Crippen molar-refractivity contribution in [1.29, 1.82) is 0 Å². The number of aliphatic hydroxyl groups is 1. The third-order valence-electron chi connectivity index (χ3n) is 20.9. The molecule has 12 rings (SSSR count). The van der Waals surface area contributed by atoms with Gasteiger partial charge in [0.05, 0.1) is 85.8 Å². The highest BCUT2D eigenvalue weighted by Gasteiger charge is 2.65. The number of rotatable bonds is 34. The molecule has 99 heavy (non-hydrogen) atoms. The van der Waals surface area contributed by atoms with E-state index in [2.05, 4.69) is 53.6 Å². The average molecular weight is 1390 g/mol. The number of aliphatic hydroxyl groups excluding tert-OH is 1. The van der Waals surface area contributed by atoms with Gasteiger partial charge < -0.3 is 89.6 Å². The van der Waals surface area contributed by atoms with Gasteiger partial charge in [-0.1, -0.05) is 52.5 Å². The van der Waals surface area contributed by atoms with Gasteiger partial charge in [-0.05, 0) is 118 Å². The maximum Gasteiger partial charge on any atom is 0.407 e. The monoisotopic (exact) mass is 1390 g/mol. The summed E-state index contributed by atoms with van der Waals surface area (Å²) in [6.45, 7) is 16.5. The average Bonchev–Trinajstić information content (AvgIpc) is 0.733. The number of nitrogens with one attached hydrogen (secondary N) is 5. The molecule has 1 aromatic rings. The summed E-state index contributed by atoms with van der Waals surface area (Å²) in [6, 6.07) is 3.55. The van der Waals surface area contributed by atoms with E-state index in [1.165, 1.54) is 0 Å². The van der Waals surface area contributed by atoms with E-state index in [0.29, 0.717) is 67.2 Å². The summed E-state index contributed by atoms with van der Waals surface area (Å²) < 4.78 is 63.9. The van der Waals surface area contributed by atoms with Crippen LogP contribution >= 0.6 is 0 Å². The molecular formula is C71H103N7O21. The summed E-state index contributed by atoms with van der Waals surface area (Å²) in [6.07, 6.45) is 5.27. The predicted molar refractivity (Wildman–Crippen MR) is 353 cm³/mol. The highest BCUT2D eigenvalue weighted by Crippen LogP contribution is 2.55. The fraction of sp³-hybridized carbons (Fsp3) is 0.732. The van der Waals surface area contributed by atoms with Gasteiger partial charge in [-0.15, -0.1) is 5.06 Å². The zero-order valence-electron chi connectivity index (χ0n) is 57.8. The largest absolute Gasteiger partial charge is 0.445 e. The Morgan fingerprint density at radius 2 is 1.57 bits per heavy atom. The number of nitrogens with zero attached hydrogens (tertiary/aromatic N) is 1. The number of imide groups is 1. The molecule has 548 valence electrons. The van der Waals surface area contributed by atoms with Gasteiger partial charge in [0, 0.05) is 96.0 Å². The first-order chi connectivity index (χ1) is 47.4. The lowest BCUT2D eigenvalue weighted by Crippen LogP contribution is -2.72. The van der Waals surface area contributed by atoms with Crippen LogP contribution in [0.1, 0.15) is 175 Å². The number of alkyl carbamates (subject to hydrolysis) is 1. The number of hydrogen-bond donors (Lipinski definition) is 7. The highest BCUT2D eigenvalue weighted by atomic mass is 16.8. The van der Waals surface area contributed by atoms with Crippen LogP contribution in [0.15, 0.2) is 48.6 Å². The van der Waals surface area contributed by atoms with Crippen molar-refractivity contribution < 1.29 is 100 Å².